The average Bonchev–Trinajstić information content (AvgIpc) is 3.40. The van der Waals surface area contributed by atoms with E-state index in [1.807, 2.05) is 31.2 Å². The highest BCUT2D eigenvalue weighted by Crippen LogP contribution is 2.33. The van der Waals surface area contributed by atoms with Gasteiger partial charge in [-0.15, -0.1) is 0 Å². The van der Waals surface area contributed by atoms with E-state index in [9.17, 15) is 14.0 Å². The van der Waals surface area contributed by atoms with E-state index in [2.05, 4.69) is 10.2 Å². The van der Waals surface area contributed by atoms with Crippen molar-refractivity contribution in [2.45, 2.75) is 19.8 Å². The maximum Gasteiger partial charge on any atom is 0.227 e. The second kappa shape index (κ2) is 9.37. The summed E-state index contributed by atoms with van der Waals surface area (Å²) in [5.41, 5.74) is 1.72. The summed E-state index contributed by atoms with van der Waals surface area (Å²) < 4.78 is 18.8. The highest BCUT2D eigenvalue weighted by atomic mass is 19.1. The van der Waals surface area contributed by atoms with Crippen LogP contribution < -0.4 is 19.9 Å². The Labute approximate surface area is 182 Å². The molecule has 4 rings (SSSR count). The van der Waals surface area contributed by atoms with Gasteiger partial charge >= 0.3 is 0 Å². The van der Waals surface area contributed by atoms with Gasteiger partial charge in [-0.3, -0.25) is 9.59 Å². The number of nitrogens with zero attached hydrogens (tertiary/aromatic N) is 2. The fourth-order valence-corrected chi connectivity index (χ4v) is 4.35. The molecule has 2 aromatic rings. The number of para-hydroxylation sites is 2. The summed E-state index contributed by atoms with van der Waals surface area (Å²) in [5.74, 6) is 0.250. The van der Waals surface area contributed by atoms with Gasteiger partial charge in [0.1, 0.15) is 11.6 Å². The number of anilines is 2. The minimum atomic E-state index is -0.364. The van der Waals surface area contributed by atoms with Crippen LogP contribution in [-0.4, -0.2) is 44.6 Å². The molecule has 0 spiro atoms. The van der Waals surface area contributed by atoms with Gasteiger partial charge in [0.15, 0.2) is 0 Å². The Hall–Kier alpha value is -3.09. The summed E-state index contributed by atoms with van der Waals surface area (Å²) in [6, 6.07) is 13.9. The standard InChI is InChI=1S/C24H28FN3O3/c1-2-31-22-6-4-3-5-21(22)28-16-18(13-23(28)29)24(30)26-14-17-11-12-27(15-17)20-9-7-19(25)8-10-20/h3-10,17-18H,2,11-16H2,1H3,(H,26,30). The Kier molecular flexibility index (Phi) is 6.39. The van der Waals surface area contributed by atoms with Crippen molar-refractivity contribution in [3.05, 3.63) is 54.3 Å². The first-order valence-corrected chi connectivity index (χ1v) is 10.9. The van der Waals surface area contributed by atoms with Crippen LogP contribution in [0.5, 0.6) is 5.75 Å². The molecule has 2 fully saturated rings. The highest BCUT2D eigenvalue weighted by molar-refractivity contribution is 6.01. The van der Waals surface area contributed by atoms with Crippen LogP contribution >= 0.6 is 0 Å². The summed E-state index contributed by atoms with van der Waals surface area (Å²) in [7, 11) is 0. The van der Waals surface area contributed by atoms with Crippen LogP contribution in [0.25, 0.3) is 0 Å². The Bertz CT molecular complexity index is 934. The van der Waals surface area contributed by atoms with Crippen LogP contribution in [0.3, 0.4) is 0 Å². The fourth-order valence-electron chi connectivity index (χ4n) is 4.35. The molecule has 0 radical (unpaired) electrons. The summed E-state index contributed by atoms with van der Waals surface area (Å²) in [6.07, 6.45) is 1.17. The molecule has 2 unspecified atom stereocenters. The minimum Gasteiger partial charge on any atom is -0.492 e. The lowest BCUT2D eigenvalue weighted by atomic mass is 10.1. The number of carbonyl (C=O) groups is 2. The van der Waals surface area contributed by atoms with E-state index in [1.165, 1.54) is 12.1 Å². The van der Waals surface area contributed by atoms with Crippen LogP contribution in [0, 0.1) is 17.7 Å². The van der Waals surface area contributed by atoms with Crippen LogP contribution in [-0.2, 0) is 9.59 Å². The monoisotopic (exact) mass is 425 g/mol. The molecule has 1 N–H and O–H groups in total. The van der Waals surface area contributed by atoms with Gasteiger partial charge in [-0.1, -0.05) is 12.1 Å². The van der Waals surface area contributed by atoms with Crippen LogP contribution in [0.4, 0.5) is 15.8 Å². The third-order valence-corrected chi connectivity index (χ3v) is 5.99. The van der Waals surface area contributed by atoms with Gasteiger partial charge in [-0.05, 0) is 55.7 Å². The van der Waals surface area contributed by atoms with Crippen LogP contribution in [0.15, 0.2) is 48.5 Å². The molecule has 2 amide bonds. The lowest BCUT2D eigenvalue weighted by Gasteiger charge is -2.20. The Morgan fingerprint density at radius 3 is 2.71 bits per heavy atom. The number of halogens is 1. The number of hydrogen-bond donors (Lipinski definition) is 1. The quantitative estimate of drug-likeness (QED) is 0.740. The van der Waals surface area contributed by atoms with Gasteiger partial charge in [-0.2, -0.15) is 0 Å². The number of amides is 2. The van der Waals surface area contributed by atoms with Crippen molar-refractivity contribution in [3.63, 3.8) is 0 Å². The van der Waals surface area contributed by atoms with Crippen molar-refractivity contribution >= 4 is 23.2 Å². The molecule has 6 nitrogen and oxygen atoms in total. The average molecular weight is 426 g/mol. The molecule has 164 valence electrons. The van der Waals surface area contributed by atoms with Crippen LogP contribution in [0.2, 0.25) is 0 Å². The predicted molar refractivity (Wildman–Crippen MR) is 118 cm³/mol. The summed E-state index contributed by atoms with van der Waals surface area (Å²) in [4.78, 5) is 29.2. The molecule has 0 aromatic heterocycles. The molecule has 2 heterocycles. The van der Waals surface area contributed by atoms with Crippen molar-refractivity contribution in [2.75, 3.05) is 42.6 Å². The SMILES string of the molecule is CCOc1ccccc1N1CC(C(=O)NCC2CCN(c3ccc(F)cc3)C2)CC1=O. The summed E-state index contributed by atoms with van der Waals surface area (Å²) in [5, 5.41) is 3.04. The first kappa shape index (κ1) is 21.2. The zero-order chi connectivity index (χ0) is 21.8. The Balaban J connectivity index is 1.30. The van der Waals surface area contributed by atoms with Crippen molar-refractivity contribution < 1.29 is 18.7 Å². The zero-order valence-electron chi connectivity index (χ0n) is 17.7. The van der Waals surface area contributed by atoms with Crippen molar-refractivity contribution in [1.82, 2.24) is 5.32 Å². The number of ether oxygens (including phenoxy) is 1. The van der Waals surface area contributed by atoms with Gasteiger partial charge in [0.2, 0.25) is 11.8 Å². The fraction of sp³-hybridized carbons (Fsp3) is 0.417. The van der Waals surface area contributed by atoms with Crippen molar-refractivity contribution in [1.29, 1.82) is 0 Å². The summed E-state index contributed by atoms with van der Waals surface area (Å²) in [6.45, 7) is 5.07. The van der Waals surface area contributed by atoms with E-state index in [-0.39, 0.29) is 30.0 Å². The molecule has 2 saturated heterocycles. The number of benzene rings is 2. The van der Waals surface area contributed by atoms with E-state index in [0.717, 1.165) is 30.9 Å². The van der Waals surface area contributed by atoms with Crippen molar-refractivity contribution in [2.24, 2.45) is 11.8 Å². The van der Waals surface area contributed by atoms with E-state index >= 15 is 0 Å². The molecular formula is C24H28FN3O3. The first-order valence-electron chi connectivity index (χ1n) is 10.9. The lowest BCUT2D eigenvalue weighted by molar-refractivity contribution is -0.126. The van der Waals surface area contributed by atoms with E-state index in [4.69, 9.17) is 4.74 Å². The molecule has 7 heteroatoms. The molecule has 2 aromatic carbocycles. The molecule has 0 aliphatic carbocycles. The first-order chi connectivity index (χ1) is 15.0. The normalized spacial score (nSPS) is 20.9. The molecular weight excluding hydrogens is 397 g/mol. The minimum absolute atomic E-state index is 0.0596. The molecule has 0 saturated carbocycles. The van der Waals surface area contributed by atoms with Crippen molar-refractivity contribution in [3.8, 4) is 5.75 Å². The highest BCUT2D eigenvalue weighted by Gasteiger charge is 2.36. The second-order valence-electron chi connectivity index (χ2n) is 8.13. The maximum absolute atomic E-state index is 13.1. The lowest BCUT2D eigenvalue weighted by Crippen LogP contribution is -2.36. The molecule has 2 aliphatic heterocycles. The molecule has 0 bridgehead atoms. The molecule has 31 heavy (non-hydrogen) atoms. The third-order valence-electron chi connectivity index (χ3n) is 5.99. The maximum atomic E-state index is 13.1. The van der Waals surface area contributed by atoms with Gasteiger partial charge in [0.05, 0.1) is 18.2 Å². The van der Waals surface area contributed by atoms with E-state index in [0.29, 0.717) is 31.4 Å². The number of hydrogen-bond acceptors (Lipinski definition) is 4. The van der Waals surface area contributed by atoms with Gasteiger partial charge < -0.3 is 19.9 Å². The summed E-state index contributed by atoms with van der Waals surface area (Å²) >= 11 is 0. The van der Waals surface area contributed by atoms with E-state index in [1.54, 1.807) is 17.0 Å². The molecule has 2 aliphatic rings. The predicted octanol–water partition coefficient (Wildman–Crippen LogP) is 3.22. The smallest absolute Gasteiger partial charge is 0.227 e. The number of nitrogens with one attached hydrogen (secondary N) is 1. The molecule has 2 atom stereocenters. The Morgan fingerprint density at radius 1 is 1.16 bits per heavy atom. The number of carbonyl (C=O) groups excluding carboxylic acids is 2. The van der Waals surface area contributed by atoms with Gasteiger partial charge in [0.25, 0.3) is 0 Å². The topological polar surface area (TPSA) is 61.9 Å². The zero-order valence-corrected chi connectivity index (χ0v) is 17.7. The Morgan fingerprint density at radius 2 is 1.94 bits per heavy atom. The van der Waals surface area contributed by atoms with E-state index < -0.39 is 0 Å². The number of rotatable bonds is 7. The third kappa shape index (κ3) is 4.81. The largest absolute Gasteiger partial charge is 0.492 e. The van der Waals surface area contributed by atoms with Gasteiger partial charge in [0, 0.05) is 38.3 Å². The van der Waals surface area contributed by atoms with Crippen LogP contribution in [0.1, 0.15) is 19.8 Å². The second-order valence-corrected chi connectivity index (χ2v) is 8.13. The van der Waals surface area contributed by atoms with Gasteiger partial charge in [-0.25, -0.2) is 4.39 Å².